The van der Waals surface area contributed by atoms with Gasteiger partial charge in [-0.1, -0.05) is 0 Å². The minimum Gasteiger partial charge on any atom is -0.396 e. The molecule has 94 valence electrons. The van der Waals surface area contributed by atoms with Crippen molar-refractivity contribution in [1.82, 2.24) is 14.8 Å². The van der Waals surface area contributed by atoms with Gasteiger partial charge >= 0.3 is 5.69 Å². The van der Waals surface area contributed by atoms with Crippen molar-refractivity contribution >= 4 is 11.4 Å². The Morgan fingerprint density at radius 3 is 2.56 bits per heavy atom. The second kappa shape index (κ2) is 4.10. The Labute approximate surface area is 103 Å². The molecule has 18 heavy (non-hydrogen) atoms. The Morgan fingerprint density at radius 1 is 1.39 bits per heavy atom. The molecule has 2 rings (SSSR count). The molecule has 0 saturated carbocycles. The topological polar surface area (TPSA) is 99.9 Å². The third-order valence-electron chi connectivity index (χ3n) is 2.67. The molecule has 0 saturated heterocycles. The van der Waals surface area contributed by atoms with Crippen LogP contribution >= 0.6 is 0 Å². The smallest absolute Gasteiger partial charge is 0.313 e. The minimum atomic E-state index is -0.446. The fraction of sp³-hybridized carbons (Fsp3) is 0.273. The molecule has 0 radical (unpaired) electrons. The number of nitrogens with two attached hydrogens (primary N) is 1. The first kappa shape index (κ1) is 12.0. The Kier molecular flexibility index (Phi) is 2.74. The zero-order valence-electron chi connectivity index (χ0n) is 10.3. The van der Waals surface area contributed by atoms with Crippen LogP contribution in [0, 0.1) is 30.9 Å². The minimum absolute atomic E-state index is 0.00299. The molecule has 2 heterocycles. The fourth-order valence-electron chi connectivity index (χ4n) is 1.87. The molecule has 2 aromatic rings. The molecule has 2 aromatic heterocycles. The first-order valence-electron chi connectivity index (χ1n) is 5.35. The summed E-state index contributed by atoms with van der Waals surface area (Å²) in [5.74, 6) is 0.411. The van der Waals surface area contributed by atoms with Gasteiger partial charge in [-0.3, -0.25) is 10.1 Å². The molecule has 0 aromatic carbocycles. The largest absolute Gasteiger partial charge is 0.396 e. The van der Waals surface area contributed by atoms with Gasteiger partial charge in [0.1, 0.15) is 11.4 Å². The number of aryl methyl sites for hydroxylation is 2. The standard InChI is InChI=1S/C11H13N5O2/c1-6-4-9(12)11(13-5-6)15-8(3)10(16(17)18)7(2)14-15/h4-5H,12H2,1-3H3. The van der Waals surface area contributed by atoms with E-state index in [1.165, 1.54) is 4.68 Å². The van der Waals surface area contributed by atoms with Crippen molar-refractivity contribution in [2.24, 2.45) is 0 Å². The van der Waals surface area contributed by atoms with E-state index in [-0.39, 0.29) is 5.69 Å². The highest BCUT2D eigenvalue weighted by molar-refractivity contribution is 5.56. The first-order chi connectivity index (χ1) is 8.41. The molecule has 7 heteroatoms. The lowest BCUT2D eigenvalue weighted by molar-refractivity contribution is -0.386. The average molecular weight is 247 g/mol. The summed E-state index contributed by atoms with van der Waals surface area (Å²) in [5, 5.41) is 15.1. The van der Waals surface area contributed by atoms with Crippen LogP contribution in [0.1, 0.15) is 17.0 Å². The summed E-state index contributed by atoms with van der Waals surface area (Å²) in [4.78, 5) is 14.7. The van der Waals surface area contributed by atoms with E-state index in [1.54, 1.807) is 26.1 Å². The number of hydrogen-bond donors (Lipinski definition) is 1. The number of anilines is 1. The van der Waals surface area contributed by atoms with E-state index in [0.29, 0.717) is 22.9 Å². The van der Waals surface area contributed by atoms with Crippen LogP contribution in [0.25, 0.3) is 5.82 Å². The molecular formula is C11H13N5O2. The van der Waals surface area contributed by atoms with Gasteiger partial charge in [-0.15, -0.1) is 0 Å². The van der Waals surface area contributed by atoms with Crippen molar-refractivity contribution in [2.45, 2.75) is 20.8 Å². The van der Waals surface area contributed by atoms with Crippen LogP contribution < -0.4 is 5.73 Å². The van der Waals surface area contributed by atoms with E-state index >= 15 is 0 Å². The highest BCUT2D eigenvalue weighted by atomic mass is 16.6. The molecule has 0 bridgehead atoms. The Bertz CT molecular complexity index is 633. The van der Waals surface area contributed by atoms with E-state index in [9.17, 15) is 10.1 Å². The summed E-state index contributed by atoms with van der Waals surface area (Å²) in [7, 11) is 0. The third kappa shape index (κ3) is 1.79. The lowest BCUT2D eigenvalue weighted by Crippen LogP contribution is -2.06. The van der Waals surface area contributed by atoms with Crippen LogP contribution in [0.5, 0.6) is 0 Å². The predicted octanol–water partition coefficient (Wildman–Crippen LogP) is 1.68. The fourth-order valence-corrected chi connectivity index (χ4v) is 1.87. The van der Waals surface area contributed by atoms with E-state index in [0.717, 1.165) is 5.56 Å². The Balaban J connectivity index is 2.65. The summed E-state index contributed by atoms with van der Waals surface area (Å²) in [6, 6.07) is 1.75. The van der Waals surface area contributed by atoms with Crippen molar-refractivity contribution in [3.05, 3.63) is 39.3 Å². The Morgan fingerprint density at radius 2 is 2.06 bits per heavy atom. The highest BCUT2D eigenvalue weighted by Crippen LogP contribution is 2.26. The predicted molar refractivity (Wildman–Crippen MR) is 66.6 cm³/mol. The first-order valence-corrected chi connectivity index (χ1v) is 5.35. The lowest BCUT2D eigenvalue weighted by Gasteiger charge is -2.06. The lowest BCUT2D eigenvalue weighted by atomic mass is 10.3. The van der Waals surface area contributed by atoms with Crippen LogP contribution in [0.4, 0.5) is 11.4 Å². The maximum atomic E-state index is 10.9. The van der Waals surface area contributed by atoms with Crippen molar-refractivity contribution in [3.63, 3.8) is 0 Å². The highest BCUT2D eigenvalue weighted by Gasteiger charge is 2.23. The maximum absolute atomic E-state index is 10.9. The van der Waals surface area contributed by atoms with Gasteiger partial charge in [-0.25, -0.2) is 9.67 Å². The molecule has 0 aliphatic rings. The maximum Gasteiger partial charge on any atom is 0.313 e. The van der Waals surface area contributed by atoms with Crippen LogP contribution in [0.3, 0.4) is 0 Å². The van der Waals surface area contributed by atoms with Gasteiger partial charge in [0, 0.05) is 6.20 Å². The van der Waals surface area contributed by atoms with Gasteiger partial charge in [0.2, 0.25) is 0 Å². The van der Waals surface area contributed by atoms with Crippen molar-refractivity contribution in [2.75, 3.05) is 5.73 Å². The molecule has 0 atom stereocenters. The molecule has 0 unspecified atom stereocenters. The molecule has 0 fully saturated rings. The SMILES string of the molecule is Cc1cnc(-n2nc(C)c([N+](=O)[O-])c2C)c(N)c1. The number of rotatable bonds is 2. The van der Waals surface area contributed by atoms with Gasteiger partial charge in [0.25, 0.3) is 0 Å². The Hall–Kier alpha value is -2.44. The molecule has 2 N–H and O–H groups in total. The van der Waals surface area contributed by atoms with E-state index in [1.807, 2.05) is 6.92 Å². The van der Waals surface area contributed by atoms with Crippen LogP contribution in [-0.4, -0.2) is 19.7 Å². The number of pyridine rings is 1. The average Bonchev–Trinajstić information content (AvgIpc) is 2.54. The number of aromatic nitrogens is 3. The summed E-state index contributed by atoms with van der Waals surface area (Å²) in [5.41, 5.74) is 7.99. The zero-order chi connectivity index (χ0) is 13.4. The van der Waals surface area contributed by atoms with E-state index in [2.05, 4.69) is 10.1 Å². The monoisotopic (exact) mass is 247 g/mol. The second-order valence-corrected chi connectivity index (χ2v) is 4.11. The molecule has 0 spiro atoms. The van der Waals surface area contributed by atoms with Gasteiger partial charge in [0.05, 0.1) is 10.6 Å². The van der Waals surface area contributed by atoms with Gasteiger partial charge in [-0.2, -0.15) is 5.10 Å². The molecule has 0 aliphatic carbocycles. The van der Waals surface area contributed by atoms with E-state index < -0.39 is 4.92 Å². The van der Waals surface area contributed by atoms with E-state index in [4.69, 9.17) is 5.73 Å². The molecule has 0 aliphatic heterocycles. The molecule has 7 nitrogen and oxygen atoms in total. The van der Waals surface area contributed by atoms with Gasteiger partial charge in [-0.05, 0) is 32.4 Å². The van der Waals surface area contributed by atoms with Crippen LogP contribution in [0.2, 0.25) is 0 Å². The number of nitrogens with zero attached hydrogens (tertiary/aromatic N) is 4. The second-order valence-electron chi connectivity index (χ2n) is 4.11. The summed E-state index contributed by atoms with van der Waals surface area (Å²) < 4.78 is 1.40. The van der Waals surface area contributed by atoms with Gasteiger partial charge < -0.3 is 5.73 Å². The molecular weight excluding hydrogens is 234 g/mol. The number of nitrogen functional groups attached to an aromatic ring is 1. The van der Waals surface area contributed by atoms with Crippen LogP contribution in [0.15, 0.2) is 12.3 Å². The number of hydrogen-bond acceptors (Lipinski definition) is 5. The summed E-state index contributed by atoms with van der Waals surface area (Å²) in [6.07, 6.45) is 1.65. The normalized spacial score (nSPS) is 10.6. The zero-order valence-corrected chi connectivity index (χ0v) is 10.3. The summed E-state index contributed by atoms with van der Waals surface area (Å²) >= 11 is 0. The third-order valence-corrected chi connectivity index (χ3v) is 2.67. The van der Waals surface area contributed by atoms with Gasteiger partial charge in [0.15, 0.2) is 5.82 Å². The molecule has 0 amide bonds. The number of nitro groups is 1. The summed E-state index contributed by atoms with van der Waals surface area (Å²) in [6.45, 7) is 5.09. The van der Waals surface area contributed by atoms with Crippen molar-refractivity contribution in [3.8, 4) is 5.82 Å². The van der Waals surface area contributed by atoms with Crippen LogP contribution in [-0.2, 0) is 0 Å². The van der Waals surface area contributed by atoms with Crippen molar-refractivity contribution in [1.29, 1.82) is 0 Å². The van der Waals surface area contributed by atoms with Crippen molar-refractivity contribution < 1.29 is 4.92 Å². The quantitative estimate of drug-likeness (QED) is 0.642.